The number of para-hydroxylation sites is 1. The third-order valence-corrected chi connectivity index (χ3v) is 2.66. The van der Waals surface area contributed by atoms with Crippen LogP contribution in [0.1, 0.15) is 20.8 Å². The molecule has 2 rings (SSSR count). The van der Waals surface area contributed by atoms with Gasteiger partial charge in [0.05, 0.1) is 12.1 Å². The Bertz CT molecular complexity index is 545. The summed E-state index contributed by atoms with van der Waals surface area (Å²) < 4.78 is 6.65. The van der Waals surface area contributed by atoms with Gasteiger partial charge in [-0.2, -0.15) is 0 Å². The lowest BCUT2D eigenvalue weighted by Crippen LogP contribution is -2.38. The highest BCUT2D eigenvalue weighted by atomic mass is 16.5. The van der Waals surface area contributed by atoms with Gasteiger partial charge < -0.3 is 4.74 Å². The van der Waals surface area contributed by atoms with Crippen LogP contribution in [0.2, 0.25) is 0 Å². The van der Waals surface area contributed by atoms with E-state index in [1.807, 2.05) is 24.3 Å². The summed E-state index contributed by atoms with van der Waals surface area (Å²) in [6, 6.07) is 7.53. The molecule has 5 heteroatoms. The van der Waals surface area contributed by atoms with Gasteiger partial charge in [-0.15, -0.1) is 5.10 Å². The van der Waals surface area contributed by atoms with E-state index >= 15 is 0 Å². The Kier molecular flexibility index (Phi) is 2.83. The molecule has 0 fully saturated rings. The summed E-state index contributed by atoms with van der Waals surface area (Å²) in [4.78, 5) is 11.9. The number of carbonyl (C=O) groups excluding carboxylic acids is 1. The highest BCUT2D eigenvalue weighted by molar-refractivity contribution is 5.82. The molecular formula is C12H15N3O2. The van der Waals surface area contributed by atoms with Gasteiger partial charge in [0.1, 0.15) is 5.52 Å². The SMILES string of the molecule is CCOC(=O)C(C)(C)n1nnc2ccccc21. The summed E-state index contributed by atoms with van der Waals surface area (Å²) in [7, 11) is 0. The molecule has 0 aliphatic heterocycles. The van der Waals surface area contributed by atoms with E-state index < -0.39 is 5.54 Å². The van der Waals surface area contributed by atoms with E-state index in [9.17, 15) is 4.79 Å². The minimum Gasteiger partial charge on any atom is -0.464 e. The van der Waals surface area contributed by atoms with E-state index in [0.717, 1.165) is 11.0 Å². The molecule has 0 N–H and O–H groups in total. The first-order chi connectivity index (χ1) is 8.07. The molecule has 0 spiro atoms. The van der Waals surface area contributed by atoms with Gasteiger partial charge in [-0.1, -0.05) is 17.3 Å². The van der Waals surface area contributed by atoms with Crippen molar-refractivity contribution in [1.82, 2.24) is 15.0 Å². The molecule has 1 heterocycles. The number of aromatic nitrogens is 3. The third-order valence-electron chi connectivity index (χ3n) is 2.66. The molecule has 1 aromatic heterocycles. The Morgan fingerprint density at radius 3 is 2.82 bits per heavy atom. The molecule has 0 unspecified atom stereocenters. The Labute approximate surface area is 99.4 Å². The first-order valence-corrected chi connectivity index (χ1v) is 5.55. The molecule has 0 saturated carbocycles. The van der Waals surface area contributed by atoms with Gasteiger partial charge in [0, 0.05) is 0 Å². The van der Waals surface area contributed by atoms with Crippen LogP contribution in [0.25, 0.3) is 11.0 Å². The Morgan fingerprint density at radius 2 is 2.12 bits per heavy atom. The maximum atomic E-state index is 11.9. The maximum Gasteiger partial charge on any atom is 0.333 e. The summed E-state index contributed by atoms with van der Waals surface area (Å²) >= 11 is 0. The monoisotopic (exact) mass is 233 g/mol. The second-order valence-corrected chi connectivity index (χ2v) is 4.27. The lowest BCUT2D eigenvalue weighted by molar-refractivity contribution is -0.152. The van der Waals surface area contributed by atoms with E-state index in [-0.39, 0.29) is 5.97 Å². The van der Waals surface area contributed by atoms with E-state index in [1.54, 1.807) is 25.5 Å². The first kappa shape index (κ1) is 11.6. The smallest absolute Gasteiger partial charge is 0.333 e. The van der Waals surface area contributed by atoms with Crippen LogP contribution in [0.3, 0.4) is 0 Å². The van der Waals surface area contributed by atoms with E-state index in [4.69, 9.17) is 4.74 Å². The van der Waals surface area contributed by atoms with Gasteiger partial charge in [-0.25, -0.2) is 9.48 Å². The third kappa shape index (κ3) is 1.88. The summed E-state index contributed by atoms with van der Waals surface area (Å²) in [5.74, 6) is -0.310. The summed E-state index contributed by atoms with van der Waals surface area (Å²) in [6.45, 7) is 5.68. The molecule has 5 nitrogen and oxygen atoms in total. The highest BCUT2D eigenvalue weighted by Gasteiger charge is 2.33. The van der Waals surface area contributed by atoms with Gasteiger partial charge in [0.15, 0.2) is 5.54 Å². The zero-order valence-electron chi connectivity index (χ0n) is 10.2. The number of hydrogen-bond acceptors (Lipinski definition) is 4. The second kappa shape index (κ2) is 4.16. The molecular weight excluding hydrogens is 218 g/mol. The number of benzene rings is 1. The van der Waals surface area contributed by atoms with Gasteiger partial charge >= 0.3 is 5.97 Å². The van der Waals surface area contributed by atoms with Crippen LogP contribution < -0.4 is 0 Å². The summed E-state index contributed by atoms with van der Waals surface area (Å²) in [5.41, 5.74) is 0.738. The Morgan fingerprint density at radius 1 is 1.41 bits per heavy atom. The van der Waals surface area contributed by atoms with Crippen molar-refractivity contribution in [2.45, 2.75) is 26.3 Å². The van der Waals surface area contributed by atoms with E-state index in [0.29, 0.717) is 6.61 Å². The van der Waals surface area contributed by atoms with Crippen LogP contribution in [0.15, 0.2) is 24.3 Å². The van der Waals surface area contributed by atoms with Gasteiger partial charge in [-0.3, -0.25) is 0 Å². The van der Waals surface area contributed by atoms with Crippen molar-refractivity contribution in [3.8, 4) is 0 Å². The number of rotatable bonds is 3. The summed E-state index contributed by atoms with van der Waals surface area (Å²) in [6.07, 6.45) is 0. The average molecular weight is 233 g/mol. The van der Waals surface area contributed by atoms with Crippen LogP contribution in [-0.4, -0.2) is 27.6 Å². The zero-order chi connectivity index (χ0) is 12.5. The molecule has 0 saturated heterocycles. The lowest BCUT2D eigenvalue weighted by Gasteiger charge is -2.22. The van der Waals surface area contributed by atoms with Crippen molar-refractivity contribution < 1.29 is 9.53 Å². The standard InChI is InChI=1S/C12H15N3O2/c1-4-17-11(16)12(2,3)15-10-8-6-5-7-9(10)13-14-15/h5-8H,4H2,1-3H3. The van der Waals surface area contributed by atoms with Crippen LogP contribution in [0.5, 0.6) is 0 Å². The van der Waals surface area contributed by atoms with Crippen LogP contribution in [0, 0.1) is 0 Å². The average Bonchev–Trinajstić information content (AvgIpc) is 2.73. The van der Waals surface area contributed by atoms with Crippen molar-refractivity contribution in [1.29, 1.82) is 0 Å². The van der Waals surface area contributed by atoms with E-state index in [2.05, 4.69) is 10.3 Å². The van der Waals surface area contributed by atoms with Crippen molar-refractivity contribution in [2.24, 2.45) is 0 Å². The normalized spacial score (nSPS) is 11.7. The molecule has 17 heavy (non-hydrogen) atoms. The predicted molar refractivity (Wildman–Crippen MR) is 63.5 cm³/mol. The second-order valence-electron chi connectivity index (χ2n) is 4.27. The number of hydrogen-bond donors (Lipinski definition) is 0. The highest BCUT2D eigenvalue weighted by Crippen LogP contribution is 2.21. The van der Waals surface area contributed by atoms with Crippen molar-refractivity contribution in [2.75, 3.05) is 6.61 Å². The molecule has 0 bridgehead atoms. The fraction of sp³-hybridized carbons (Fsp3) is 0.417. The first-order valence-electron chi connectivity index (χ1n) is 5.55. The lowest BCUT2D eigenvalue weighted by atomic mass is 10.1. The van der Waals surface area contributed by atoms with E-state index in [1.165, 1.54) is 0 Å². The predicted octanol–water partition coefficient (Wildman–Crippen LogP) is 1.73. The quantitative estimate of drug-likeness (QED) is 0.757. The van der Waals surface area contributed by atoms with Gasteiger partial charge in [-0.05, 0) is 32.9 Å². The molecule has 0 atom stereocenters. The van der Waals surface area contributed by atoms with Gasteiger partial charge in [0.2, 0.25) is 0 Å². The van der Waals surface area contributed by atoms with Crippen LogP contribution >= 0.6 is 0 Å². The maximum absolute atomic E-state index is 11.9. The Hall–Kier alpha value is -1.91. The van der Waals surface area contributed by atoms with Crippen LogP contribution in [-0.2, 0) is 15.1 Å². The fourth-order valence-corrected chi connectivity index (χ4v) is 1.68. The topological polar surface area (TPSA) is 57.0 Å². The van der Waals surface area contributed by atoms with Gasteiger partial charge in [0.25, 0.3) is 0 Å². The number of esters is 1. The van der Waals surface area contributed by atoms with Crippen LogP contribution in [0.4, 0.5) is 0 Å². The zero-order valence-corrected chi connectivity index (χ0v) is 10.2. The fourth-order valence-electron chi connectivity index (χ4n) is 1.68. The molecule has 90 valence electrons. The number of carbonyl (C=O) groups is 1. The largest absolute Gasteiger partial charge is 0.464 e. The van der Waals surface area contributed by atoms with Crippen molar-refractivity contribution >= 4 is 17.0 Å². The number of fused-ring (bicyclic) bond motifs is 1. The molecule has 2 aromatic rings. The molecule has 1 aromatic carbocycles. The Balaban J connectivity index is 2.48. The minimum atomic E-state index is -0.855. The molecule has 0 aliphatic carbocycles. The number of ether oxygens (including phenoxy) is 1. The van der Waals surface area contributed by atoms with Crippen molar-refractivity contribution in [3.63, 3.8) is 0 Å². The minimum absolute atomic E-state index is 0.310. The molecule has 0 radical (unpaired) electrons. The van der Waals surface area contributed by atoms with Crippen molar-refractivity contribution in [3.05, 3.63) is 24.3 Å². The molecule has 0 aliphatic rings. The molecule has 0 amide bonds. The number of nitrogens with zero attached hydrogens (tertiary/aromatic N) is 3. The summed E-state index contributed by atoms with van der Waals surface area (Å²) in [5, 5.41) is 8.07.